The summed E-state index contributed by atoms with van der Waals surface area (Å²) in [6, 6.07) is 0.493. The third kappa shape index (κ3) is 3.03. The number of ether oxygens (including phenoxy) is 1. The summed E-state index contributed by atoms with van der Waals surface area (Å²) in [5, 5.41) is 7.76. The fourth-order valence-electron chi connectivity index (χ4n) is 2.98. The van der Waals surface area contributed by atoms with Crippen molar-refractivity contribution in [2.45, 2.75) is 52.6 Å². The lowest BCUT2D eigenvalue weighted by Crippen LogP contribution is -2.37. The quantitative estimate of drug-likeness (QED) is 0.840. The van der Waals surface area contributed by atoms with E-state index in [-0.39, 0.29) is 5.97 Å². The van der Waals surface area contributed by atoms with E-state index in [1.165, 1.54) is 19.3 Å². The zero-order chi connectivity index (χ0) is 14.8. The van der Waals surface area contributed by atoms with Crippen molar-refractivity contribution < 1.29 is 9.53 Å². The van der Waals surface area contributed by atoms with Gasteiger partial charge in [-0.1, -0.05) is 20.3 Å². The molecule has 0 bridgehead atoms. The summed E-state index contributed by atoms with van der Waals surface area (Å²) < 4.78 is 6.83. The van der Waals surface area contributed by atoms with E-state index < -0.39 is 0 Å². The van der Waals surface area contributed by atoms with Gasteiger partial charge in [0, 0.05) is 19.6 Å². The van der Waals surface area contributed by atoms with Gasteiger partial charge in [-0.05, 0) is 25.2 Å². The van der Waals surface area contributed by atoms with Crippen LogP contribution in [0.25, 0.3) is 0 Å². The fraction of sp³-hybridized carbons (Fsp3) is 0.733. The number of hydrogen-bond acceptors (Lipinski definition) is 4. The minimum atomic E-state index is -0.289. The number of nitrogens with zero attached hydrogens (tertiary/aromatic N) is 2. The van der Waals surface area contributed by atoms with Crippen molar-refractivity contribution in [1.29, 1.82) is 0 Å². The highest BCUT2D eigenvalue weighted by atomic mass is 16.5. The summed E-state index contributed by atoms with van der Waals surface area (Å²) in [5.74, 6) is -0.289. The predicted molar refractivity (Wildman–Crippen MR) is 77.4 cm³/mol. The van der Waals surface area contributed by atoms with E-state index in [9.17, 15) is 4.79 Å². The molecule has 0 radical (unpaired) electrons. The number of aryl methyl sites for hydroxylation is 1. The third-order valence-corrected chi connectivity index (χ3v) is 4.33. The Hall–Kier alpha value is -1.36. The van der Waals surface area contributed by atoms with Crippen LogP contribution in [-0.4, -0.2) is 28.4 Å². The van der Waals surface area contributed by atoms with E-state index >= 15 is 0 Å². The number of esters is 1. The van der Waals surface area contributed by atoms with Crippen molar-refractivity contribution in [1.82, 2.24) is 15.1 Å². The van der Waals surface area contributed by atoms with Crippen LogP contribution in [0.3, 0.4) is 0 Å². The Morgan fingerprint density at radius 1 is 1.60 bits per heavy atom. The smallest absolute Gasteiger partial charge is 0.341 e. The summed E-state index contributed by atoms with van der Waals surface area (Å²) in [5.41, 5.74) is 1.78. The van der Waals surface area contributed by atoms with Gasteiger partial charge in [0.1, 0.15) is 5.56 Å². The highest BCUT2D eigenvalue weighted by molar-refractivity contribution is 5.90. The Morgan fingerprint density at radius 3 is 2.95 bits per heavy atom. The summed E-state index contributed by atoms with van der Waals surface area (Å²) >= 11 is 0. The highest BCUT2D eigenvalue weighted by Crippen LogP contribution is 2.37. The zero-order valence-corrected chi connectivity index (χ0v) is 12.9. The standard InChI is InChI=1S/C15H25N3O2/c1-5-20-14(19)11-9-17-18(4)12(11)10-16-13-7-6-8-15(13,2)3/h9,13,16H,5-8,10H2,1-4H3. The number of carbonyl (C=O) groups is 1. The molecule has 2 rings (SSSR count). The SMILES string of the molecule is CCOC(=O)c1cnn(C)c1CNC1CCCC1(C)C. The second-order valence-corrected chi connectivity index (χ2v) is 6.16. The average molecular weight is 279 g/mol. The highest BCUT2D eigenvalue weighted by Gasteiger charge is 2.34. The van der Waals surface area contributed by atoms with Gasteiger partial charge in [-0.15, -0.1) is 0 Å². The number of nitrogens with one attached hydrogen (secondary N) is 1. The van der Waals surface area contributed by atoms with Gasteiger partial charge in [-0.3, -0.25) is 4.68 Å². The molecule has 1 aromatic rings. The predicted octanol–water partition coefficient (Wildman–Crippen LogP) is 2.27. The lowest BCUT2D eigenvalue weighted by molar-refractivity contribution is 0.0524. The molecule has 0 aliphatic heterocycles. The topological polar surface area (TPSA) is 56.1 Å². The van der Waals surface area contributed by atoms with Gasteiger partial charge in [-0.2, -0.15) is 5.10 Å². The van der Waals surface area contributed by atoms with Crippen molar-refractivity contribution in [3.8, 4) is 0 Å². The molecule has 112 valence electrons. The molecule has 0 saturated heterocycles. The maximum Gasteiger partial charge on any atom is 0.341 e. The molecular weight excluding hydrogens is 254 g/mol. The molecule has 1 aliphatic rings. The van der Waals surface area contributed by atoms with Crippen molar-refractivity contribution in [2.24, 2.45) is 12.5 Å². The molecule has 20 heavy (non-hydrogen) atoms. The second kappa shape index (κ2) is 5.95. The van der Waals surface area contributed by atoms with E-state index in [0.717, 1.165) is 5.69 Å². The van der Waals surface area contributed by atoms with E-state index in [2.05, 4.69) is 24.3 Å². The Labute approximate surface area is 120 Å². The normalized spacial score (nSPS) is 21.1. The van der Waals surface area contributed by atoms with E-state index in [4.69, 9.17) is 4.74 Å². The van der Waals surface area contributed by atoms with Gasteiger partial charge in [-0.25, -0.2) is 4.79 Å². The number of aromatic nitrogens is 2. The Kier molecular flexibility index (Phi) is 4.48. The fourth-order valence-corrected chi connectivity index (χ4v) is 2.98. The van der Waals surface area contributed by atoms with Gasteiger partial charge in [0.25, 0.3) is 0 Å². The summed E-state index contributed by atoms with van der Waals surface area (Å²) in [6.45, 7) is 7.45. The van der Waals surface area contributed by atoms with Gasteiger partial charge >= 0.3 is 5.97 Å². The van der Waals surface area contributed by atoms with Crippen LogP contribution in [0.4, 0.5) is 0 Å². The van der Waals surface area contributed by atoms with E-state index in [0.29, 0.717) is 30.2 Å². The molecule has 5 heteroatoms. The Morgan fingerprint density at radius 2 is 2.35 bits per heavy atom. The average Bonchev–Trinajstić information content (AvgIpc) is 2.90. The minimum Gasteiger partial charge on any atom is -0.462 e. The number of rotatable bonds is 5. The van der Waals surface area contributed by atoms with Crippen LogP contribution < -0.4 is 5.32 Å². The summed E-state index contributed by atoms with van der Waals surface area (Å²) in [7, 11) is 1.86. The minimum absolute atomic E-state index is 0.289. The molecule has 1 N–H and O–H groups in total. The van der Waals surface area contributed by atoms with Gasteiger partial charge < -0.3 is 10.1 Å². The zero-order valence-electron chi connectivity index (χ0n) is 12.9. The van der Waals surface area contributed by atoms with Crippen molar-refractivity contribution in [3.63, 3.8) is 0 Å². The van der Waals surface area contributed by atoms with Crippen molar-refractivity contribution in [2.75, 3.05) is 6.61 Å². The van der Waals surface area contributed by atoms with E-state index in [1.807, 2.05) is 14.0 Å². The maximum atomic E-state index is 11.9. The Bertz CT molecular complexity index is 479. The first-order chi connectivity index (χ1) is 9.45. The first-order valence-electron chi connectivity index (χ1n) is 7.37. The van der Waals surface area contributed by atoms with Crippen LogP contribution in [-0.2, 0) is 18.3 Å². The van der Waals surface area contributed by atoms with Crippen LogP contribution >= 0.6 is 0 Å². The molecule has 1 aliphatic carbocycles. The third-order valence-electron chi connectivity index (χ3n) is 4.33. The second-order valence-electron chi connectivity index (χ2n) is 6.16. The molecule has 0 spiro atoms. The van der Waals surface area contributed by atoms with Crippen LogP contribution in [0.1, 0.15) is 56.1 Å². The first-order valence-corrected chi connectivity index (χ1v) is 7.37. The lowest BCUT2D eigenvalue weighted by atomic mass is 9.87. The summed E-state index contributed by atoms with van der Waals surface area (Å²) in [4.78, 5) is 11.9. The molecule has 1 aromatic heterocycles. The van der Waals surface area contributed by atoms with Crippen LogP contribution in [0.5, 0.6) is 0 Å². The molecule has 1 heterocycles. The molecule has 1 atom stereocenters. The number of hydrogen-bond donors (Lipinski definition) is 1. The lowest BCUT2D eigenvalue weighted by Gasteiger charge is -2.28. The summed E-state index contributed by atoms with van der Waals surface area (Å²) in [6.07, 6.45) is 5.30. The van der Waals surface area contributed by atoms with Crippen LogP contribution in [0.2, 0.25) is 0 Å². The van der Waals surface area contributed by atoms with E-state index in [1.54, 1.807) is 10.9 Å². The molecule has 1 fully saturated rings. The van der Waals surface area contributed by atoms with Crippen molar-refractivity contribution >= 4 is 5.97 Å². The first kappa shape index (κ1) is 15.0. The molecule has 1 unspecified atom stereocenters. The molecule has 5 nitrogen and oxygen atoms in total. The largest absolute Gasteiger partial charge is 0.462 e. The van der Waals surface area contributed by atoms with Gasteiger partial charge in [0.15, 0.2) is 0 Å². The maximum absolute atomic E-state index is 11.9. The molecule has 0 amide bonds. The van der Waals surface area contributed by atoms with Gasteiger partial charge in [0.2, 0.25) is 0 Å². The molecule has 0 aromatic carbocycles. The molecule has 1 saturated carbocycles. The Balaban J connectivity index is 2.06. The monoisotopic (exact) mass is 279 g/mol. The molecular formula is C15H25N3O2. The van der Waals surface area contributed by atoms with Crippen molar-refractivity contribution in [3.05, 3.63) is 17.5 Å². The van der Waals surface area contributed by atoms with Gasteiger partial charge in [0.05, 0.1) is 18.5 Å². The van der Waals surface area contributed by atoms with Crippen LogP contribution in [0, 0.1) is 5.41 Å². The number of carbonyl (C=O) groups excluding carboxylic acids is 1. The van der Waals surface area contributed by atoms with Crippen LogP contribution in [0.15, 0.2) is 6.20 Å².